The summed E-state index contributed by atoms with van der Waals surface area (Å²) in [6.45, 7) is 5.52. The molecule has 2 aromatic carbocycles. The second kappa shape index (κ2) is 13.2. The number of rotatable bonds is 7. The molecule has 3 aromatic rings. The Morgan fingerprint density at radius 1 is 1.14 bits per heavy atom. The van der Waals surface area contributed by atoms with E-state index in [9.17, 15) is 14.7 Å². The number of esters is 2. The van der Waals surface area contributed by atoms with Gasteiger partial charge in [-0.1, -0.05) is 31.2 Å². The van der Waals surface area contributed by atoms with Crippen LogP contribution in [0, 0.1) is 0 Å². The number of halogens is 1. The minimum atomic E-state index is -0.604. The van der Waals surface area contributed by atoms with Crippen LogP contribution in [0.15, 0.2) is 60.2 Å². The third-order valence-corrected chi connectivity index (χ3v) is 5.83. The number of hydrogen-bond acceptors (Lipinski definition) is 8. The zero-order valence-electron chi connectivity index (χ0n) is 20.5. The van der Waals surface area contributed by atoms with Gasteiger partial charge in [-0.2, -0.15) is 15.4 Å². The summed E-state index contributed by atoms with van der Waals surface area (Å²) in [5.41, 5.74) is 2.44. The minimum absolute atomic E-state index is 0.109. The molecule has 3 atom stereocenters. The highest BCUT2D eigenvalue weighted by Crippen LogP contribution is 2.24. The van der Waals surface area contributed by atoms with Crippen molar-refractivity contribution in [1.82, 2.24) is 20.7 Å². The number of aromatic nitrogens is 3. The van der Waals surface area contributed by atoms with E-state index in [0.717, 1.165) is 0 Å². The van der Waals surface area contributed by atoms with Gasteiger partial charge in [0.15, 0.2) is 0 Å². The second-order valence-electron chi connectivity index (χ2n) is 8.55. The summed E-state index contributed by atoms with van der Waals surface area (Å²) in [6.07, 6.45) is 2.98. The Labute approximate surface area is 214 Å². The number of carbonyl (C=O) groups excluding carboxylic acids is 2. The fourth-order valence-corrected chi connectivity index (χ4v) is 3.71. The van der Waals surface area contributed by atoms with Crippen molar-refractivity contribution in [2.45, 2.75) is 63.8 Å². The second-order valence-corrected chi connectivity index (χ2v) is 9.11. The molecule has 0 radical (unpaired) electrons. The number of nitrogens with zero attached hydrogens (tertiary/aromatic N) is 2. The molecule has 1 aliphatic rings. The van der Waals surface area contributed by atoms with Gasteiger partial charge < -0.3 is 14.6 Å². The number of H-pyrrole nitrogens is 1. The number of aromatic amines is 1. The van der Waals surface area contributed by atoms with E-state index in [4.69, 9.17) is 21.1 Å². The first kappa shape index (κ1) is 27.3. The molecule has 0 aliphatic heterocycles. The van der Waals surface area contributed by atoms with Crippen molar-refractivity contribution in [3.05, 3.63) is 65.7 Å². The molecule has 1 aliphatic carbocycles. The molecule has 0 saturated carbocycles. The number of para-hydroxylation sites is 1. The highest BCUT2D eigenvalue weighted by Gasteiger charge is 2.27. The number of ether oxygens (including phenoxy) is 2. The van der Waals surface area contributed by atoms with Crippen LogP contribution >= 0.6 is 11.6 Å². The molecule has 0 bridgehead atoms. The van der Waals surface area contributed by atoms with Crippen LogP contribution < -0.4 is 10.1 Å². The van der Waals surface area contributed by atoms with Crippen LogP contribution in [0.5, 0.6) is 5.75 Å². The Morgan fingerprint density at radius 2 is 1.86 bits per heavy atom. The molecule has 10 heteroatoms. The number of carbonyl (C=O) groups is 2. The van der Waals surface area contributed by atoms with E-state index < -0.39 is 12.2 Å². The third kappa shape index (κ3) is 7.87. The molecule has 1 heterocycles. The molecule has 0 amide bonds. The number of fused-ring (bicyclic) bond motifs is 1. The van der Waals surface area contributed by atoms with Crippen LogP contribution in [0.25, 0.3) is 11.0 Å². The molecule has 0 fully saturated rings. The predicted molar refractivity (Wildman–Crippen MR) is 137 cm³/mol. The smallest absolute Gasteiger partial charge is 0.343 e. The average molecular weight is 515 g/mol. The zero-order valence-corrected chi connectivity index (χ0v) is 21.2. The van der Waals surface area contributed by atoms with Crippen LogP contribution in [0.3, 0.4) is 0 Å². The number of aliphatic hydroxyl groups is 1. The largest absolute Gasteiger partial charge is 0.460 e. The van der Waals surface area contributed by atoms with E-state index in [-0.39, 0.29) is 23.5 Å². The zero-order chi connectivity index (χ0) is 26.1. The molecule has 192 valence electrons. The first-order valence-electron chi connectivity index (χ1n) is 11.8. The molecule has 1 aromatic heterocycles. The maximum atomic E-state index is 11.9. The fraction of sp³-hybridized carbons (Fsp3) is 0.385. The highest BCUT2D eigenvalue weighted by molar-refractivity contribution is 6.21. The first-order chi connectivity index (χ1) is 17.3. The van der Waals surface area contributed by atoms with Crippen LogP contribution in [-0.4, -0.2) is 56.2 Å². The quantitative estimate of drug-likeness (QED) is 0.186. The van der Waals surface area contributed by atoms with Crippen LogP contribution in [-0.2, 0) is 9.53 Å². The van der Waals surface area contributed by atoms with E-state index in [0.29, 0.717) is 47.2 Å². The number of alkyl halides is 1. The summed E-state index contributed by atoms with van der Waals surface area (Å²) in [6, 6.07) is 13.8. The highest BCUT2D eigenvalue weighted by atomic mass is 35.5. The maximum absolute atomic E-state index is 11.9. The summed E-state index contributed by atoms with van der Waals surface area (Å²) in [5.74, 6) is -0.180. The lowest BCUT2D eigenvalue weighted by Gasteiger charge is -2.28. The van der Waals surface area contributed by atoms with Gasteiger partial charge in [0, 0.05) is 11.6 Å². The van der Waals surface area contributed by atoms with Crippen molar-refractivity contribution in [3.8, 4) is 5.75 Å². The van der Waals surface area contributed by atoms with E-state index >= 15 is 0 Å². The third-order valence-electron chi connectivity index (χ3n) is 5.34. The van der Waals surface area contributed by atoms with E-state index in [1.807, 2.05) is 39.0 Å². The summed E-state index contributed by atoms with van der Waals surface area (Å²) in [5, 5.41) is 22.8. The van der Waals surface area contributed by atoms with Crippen molar-refractivity contribution in [1.29, 1.82) is 0 Å². The Balaban J connectivity index is 0.000000201. The fourth-order valence-electron chi connectivity index (χ4n) is 3.45. The molecular formula is C26H31ClN4O5. The van der Waals surface area contributed by atoms with Crippen molar-refractivity contribution in [2.24, 2.45) is 0 Å². The Bertz CT molecular complexity index is 1180. The summed E-state index contributed by atoms with van der Waals surface area (Å²) in [4.78, 5) is 23.7. The van der Waals surface area contributed by atoms with E-state index in [1.165, 1.54) is 0 Å². The monoisotopic (exact) mass is 514 g/mol. The van der Waals surface area contributed by atoms with Gasteiger partial charge in [-0.15, -0.1) is 11.6 Å². The van der Waals surface area contributed by atoms with Gasteiger partial charge in [-0.25, -0.2) is 9.59 Å². The molecule has 3 unspecified atom stereocenters. The Morgan fingerprint density at radius 3 is 2.56 bits per heavy atom. The number of nitrogens with one attached hydrogen (secondary N) is 2. The summed E-state index contributed by atoms with van der Waals surface area (Å²) in [7, 11) is 0. The standard InChI is InChI=1S/C13H22ClNO3.C13H9N3O2/c1-4-12(16)15-11-7-9(5-6-10(11)14)13(17)18-8(2)3;17-13(18-10-4-2-1-3-5-10)9-6-7-11-12(8-9)15-16-14-11/h7-8,10-12,15-16H,4-6H2,1-3H3;1-8H,(H,14,15,16). The van der Waals surface area contributed by atoms with Crippen LogP contribution in [0.1, 0.15) is 50.4 Å². The van der Waals surface area contributed by atoms with Crippen molar-refractivity contribution in [2.75, 3.05) is 0 Å². The van der Waals surface area contributed by atoms with Crippen molar-refractivity contribution in [3.63, 3.8) is 0 Å². The van der Waals surface area contributed by atoms with E-state index in [2.05, 4.69) is 20.7 Å². The molecule has 4 rings (SSSR count). The Kier molecular flexibility index (Phi) is 9.98. The number of hydrogen-bond donors (Lipinski definition) is 3. The van der Waals surface area contributed by atoms with Crippen LogP contribution in [0.2, 0.25) is 0 Å². The van der Waals surface area contributed by atoms with Crippen LogP contribution in [0.4, 0.5) is 0 Å². The van der Waals surface area contributed by atoms with Crippen molar-refractivity contribution < 1.29 is 24.2 Å². The number of aliphatic hydroxyl groups excluding tert-OH is 1. The molecule has 36 heavy (non-hydrogen) atoms. The summed E-state index contributed by atoms with van der Waals surface area (Å²) >= 11 is 6.19. The van der Waals surface area contributed by atoms with Gasteiger partial charge in [0.25, 0.3) is 0 Å². The lowest BCUT2D eigenvalue weighted by Crippen LogP contribution is -2.44. The topological polar surface area (TPSA) is 126 Å². The van der Waals surface area contributed by atoms with Gasteiger partial charge in [-0.05, 0) is 63.4 Å². The SMILES string of the molecule is CCC(O)NC1C=C(C(=O)OC(C)C)CCC1Cl.O=C(Oc1ccccc1)c1ccc2n[nH]nc2c1. The predicted octanol–water partition coefficient (Wildman–Crippen LogP) is 4.13. The van der Waals surface area contributed by atoms with E-state index in [1.54, 1.807) is 36.4 Å². The molecular weight excluding hydrogens is 484 g/mol. The van der Waals surface area contributed by atoms with Gasteiger partial charge in [-0.3, -0.25) is 5.32 Å². The number of benzene rings is 2. The molecule has 9 nitrogen and oxygen atoms in total. The molecule has 0 spiro atoms. The van der Waals surface area contributed by atoms with Crippen molar-refractivity contribution >= 4 is 34.6 Å². The average Bonchev–Trinajstić information content (AvgIpc) is 3.34. The maximum Gasteiger partial charge on any atom is 0.343 e. The first-order valence-corrected chi connectivity index (χ1v) is 12.3. The summed E-state index contributed by atoms with van der Waals surface area (Å²) < 4.78 is 10.4. The van der Waals surface area contributed by atoms with Gasteiger partial charge in [0.2, 0.25) is 0 Å². The minimum Gasteiger partial charge on any atom is -0.460 e. The Hall–Kier alpha value is -3.27. The normalized spacial score (nSPS) is 18.1. The van der Waals surface area contributed by atoms with Gasteiger partial charge in [0.05, 0.1) is 17.0 Å². The van der Waals surface area contributed by atoms with Gasteiger partial charge in [0.1, 0.15) is 23.0 Å². The van der Waals surface area contributed by atoms with Gasteiger partial charge >= 0.3 is 11.9 Å². The lowest BCUT2D eigenvalue weighted by molar-refractivity contribution is -0.142. The lowest BCUT2D eigenvalue weighted by atomic mass is 9.95. The molecule has 0 saturated heterocycles. The molecule has 3 N–H and O–H groups in total.